The number of nitrogens with one attached hydrogen (secondary N) is 1. The Morgan fingerprint density at radius 2 is 2.24 bits per heavy atom. The molecule has 0 radical (unpaired) electrons. The number of hydrogen-bond acceptors (Lipinski definition) is 3. The van der Waals surface area contributed by atoms with E-state index in [1.807, 2.05) is 0 Å². The molecular weight excluding hydrogens is 212 g/mol. The van der Waals surface area contributed by atoms with Crippen molar-refractivity contribution in [3.05, 3.63) is 29.8 Å². The van der Waals surface area contributed by atoms with Gasteiger partial charge in [0.1, 0.15) is 6.73 Å². The summed E-state index contributed by atoms with van der Waals surface area (Å²) in [6.45, 7) is 4.92. The number of para-hydroxylation sites is 1. The molecule has 1 aromatic rings. The second-order valence-electron chi connectivity index (χ2n) is 4.90. The van der Waals surface area contributed by atoms with Gasteiger partial charge in [0.05, 0.1) is 6.61 Å². The van der Waals surface area contributed by atoms with Crippen LogP contribution in [0.5, 0.6) is 0 Å². The van der Waals surface area contributed by atoms with E-state index in [2.05, 4.69) is 34.5 Å². The number of anilines is 1. The molecule has 3 heteroatoms. The number of nitrogens with zero attached hydrogens (tertiary/aromatic N) is 1. The van der Waals surface area contributed by atoms with Crippen LogP contribution in [-0.4, -0.2) is 33.0 Å². The lowest BCUT2D eigenvalue weighted by Gasteiger charge is -2.28. The first-order valence-corrected chi connectivity index (χ1v) is 6.57. The molecule has 3 rings (SSSR count). The Labute approximate surface area is 103 Å². The van der Waals surface area contributed by atoms with Gasteiger partial charge >= 0.3 is 0 Å². The highest BCUT2D eigenvalue weighted by Gasteiger charge is 2.22. The average Bonchev–Trinajstić information content (AvgIpc) is 2.94. The largest absolute Gasteiger partial charge is 0.359 e. The molecule has 0 aliphatic carbocycles. The second-order valence-corrected chi connectivity index (χ2v) is 4.90. The maximum Gasteiger partial charge on any atom is 0.119 e. The van der Waals surface area contributed by atoms with E-state index in [0.717, 1.165) is 26.4 Å². The van der Waals surface area contributed by atoms with Crippen LogP contribution in [-0.2, 0) is 4.74 Å². The smallest absolute Gasteiger partial charge is 0.119 e. The molecule has 17 heavy (non-hydrogen) atoms. The Morgan fingerprint density at radius 3 is 3.00 bits per heavy atom. The van der Waals surface area contributed by atoms with Gasteiger partial charge in [-0.25, -0.2) is 0 Å². The molecule has 1 atom stereocenters. The lowest BCUT2D eigenvalue weighted by atomic mass is 9.90. The lowest BCUT2D eigenvalue weighted by Crippen LogP contribution is -2.30. The predicted octanol–water partition coefficient (Wildman–Crippen LogP) is 1.95. The summed E-state index contributed by atoms with van der Waals surface area (Å²) in [5, 5.41) is 3.50. The van der Waals surface area contributed by atoms with Crippen molar-refractivity contribution in [1.29, 1.82) is 0 Å². The van der Waals surface area contributed by atoms with Gasteiger partial charge in [-0.1, -0.05) is 18.2 Å². The van der Waals surface area contributed by atoms with Gasteiger partial charge in [0.2, 0.25) is 0 Å². The minimum absolute atomic E-state index is 0.667. The van der Waals surface area contributed by atoms with Crippen molar-refractivity contribution in [3.63, 3.8) is 0 Å². The number of rotatable bonds is 2. The maximum absolute atomic E-state index is 5.46. The van der Waals surface area contributed by atoms with Crippen molar-refractivity contribution in [2.24, 2.45) is 0 Å². The molecular formula is C14H20N2O. The average molecular weight is 232 g/mol. The van der Waals surface area contributed by atoms with Crippen molar-refractivity contribution in [1.82, 2.24) is 5.32 Å². The van der Waals surface area contributed by atoms with Crippen LogP contribution < -0.4 is 10.2 Å². The molecule has 1 aromatic carbocycles. The Bertz CT molecular complexity index is 368. The van der Waals surface area contributed by atoms with Gasteiger partial charge in [0.15, 0.2) is 0 Å². The van der Waals surface area contributed by atoms with Gasteiger partial charge in [-0.15, -0.1) is 0 Å². The van der Waals surface area contributed by atoms with Gasteiger partial charge in [-0.3, -0.25) is 0 Å². The van der Waals surface area contributed by atoms with Crippen LogP contribution in [0.2, 0.25) is 0 Å². The molecule has 2 aliphatic heterocycles. The summed E-state index contributed by atoms with van der Waals surface area (Å²) in [4.78, 5) is 2.35. The number of benzene rings is 1. The number of hydrogen-bond donors (Lipinski definition) is 1. The molecule has 2 fully saturated rings. The third kappa shape index (κ3) is 2.31. The van der Waals surface area contributed by atoms with E-state index in [1.165, 1.54) is 30.6 Å². The molecule has 0 saturated carbocycles. The molecule has 0 spiro atoms. The number of ether oxygens (including phenoxy) is 1. The third-order valence-electron chi connectivity index (χ3n) is 3.77. The summed E-state index contributed by atoms with van der Waals surface area (Å²) in [6.07, 6.45) is 2.59. The summed E-state index contributed by atoms with van der Waals surface area (Å²) < 4.78 is 5.46. The topological polar surface area (TPSA) is 24.5 Å². The monoisotopic (exact) mass is 232 g/mol. The molecule has 1 N–H and O–H groups in total. The standard InChI is InChI=1S/C14H20N2O/c1-2-6-14(16-8-9-17-11-16)13(5-1)12-4-3-7-15-10-12/h1-2,5-6,12,15H,3-4,7-11H2. The minimum atomic E-state index is 0.667. The van der Waals surface area contributed by atoms with Gasteiger partial charge < -0.3 is 15.0 Å². The zero-order valence-corrected chi connectivity index (χ0v) is 10.2. The summed E-state index contributed by atoms with van der Waals surface area (Å²) in [6, 6.07) is 8.81. The highest BCUT2D eigenvalue weighted by atomic mass is 16.5. The Morgan fingerprint density at radius 1 is 1.29 bits per heavy atom. The van der Waals surface area contributed by atoms with Crippen molar-refractivity contribution < 1.29 is 4.74 Å². The van der Waals surface area contributed by atoms with Crippen LogP contribution in [0, 0.1) is 0 Å². The fourth-order valence-electron chi connectivity index (χ4n) is 2.84. The van der Waals surface area contributed by atoms with E-state index in [9.17, 15) is 0 Å². The summed E-state index contributed by atoms with van der Waals surface area (Å²) in [5.41, 5.74) is 2.86. The summed E-state index contributed by atoms with van der Waals surface area (Å²) in [7, 11) is 0. The van der Waals surface area contributed by atoms with Crippen molar-refractivity contribution >= 4 is 5.69 Å². The molecule has 92 valence electrons. The van der Waals surface area contributed by atoms with Crippen LogP contribution in [0.25, 0.3) is 0 Å². The van der Waals surface area contributed by atoms with E-state index >= 15 is 0 Å². The summed E-state index contributed by atoms with van der Waals surface area (Å²) >= 11 is 0. The van der Waals surface area contributed by atoms with Crippen LogP contribution in [0.15, 0.2) is 24.3 Å². The van der Waals surface area contributed by atoms with Gasteiger partial charge in [0, 0.05) is 18.8 Å². The van der Waals surface area contributed by atoms with Crippen LogP contribution in [0.4, 0.5) is 5.69 Å². The van der Waals surface area contributed by atoms with Crippen molar-refractivity contribution in [2.45, 2.75) is 18.8 Å². The van der Waals surface area contributed by atoms with Crippen molar-refractivity contribution in [3.8, 4) is 0 Å². The Balaban J connectivity index is 1.86. The molecule has 0 aromatic heterocycles. The molecule has 3 nitrogen and oxygen atoms in total. The maximum atomic E-state index is 5.46. The molecule has 2 saturated heterocycles. The molecule has 2 heterocycles. The normalized spacial score (nSPS) is 25.2. The second kappa shape index (κ2) is 5.07. The Hall–Kier alpha value is -1.06. The van der Waals surface area contributed by atoms with Gasteiger partial charge in [0.25, 0.3) is 0 Å². The van der Waals surface area contributed by atoms with Gasteiger partial charge in [-0.2, -0.15) is 0 Å². The molecule has 2 aliphatic rings. The zero-order valence-electron chi connectivity index (χ0n) is 10.2. The number of piperidine rings is 1. The van der Waals surface area contributed by atoms with Crippen LogP contribution in [0.3, 0.4) is 0 Å². The van der Waals surface area contributed by atoms with E-state index in [1.54, 1.807) is 0 Å². The minimum Gasteiger partial charge on any atom is -0.359 e. The van der Waals surface area contributed by atoms with E-state index < -0.39 is 0 Å². The fourth-order valence-corrected chi connectivity index (χ4v) is 2.84. The van der Waals surface area contributed by atoms with E-state index in [-0.39, 0.29) is 0 Å². The zero-order chi connectivity index (χ0) is 11.5. The molecule has 0 amide bonds. The van der Waals surface area contributed by atoms with Crippen LogP contribution in [0.1, 0.15) is 24.3 Å². The highest BCUT2D eigenvalue weighted by molar-refractivity contribution is 5.55. The van der Waals surface area contributed by atoms with Crippen LogP contribution >= 0.6 is 0 Å². The first-order chi connectivity index (χ1) is 8.45. The molecule has 1 unspecified atom stereocenters. The van der Waals surface area contributed by atoms with Gasteiger partial charge in [-0.05, 0) is 36.9 Å². The van der Waals surface area contributed by atoms with E-state index in [4.69, 9.17) is 4.74 Å². The fraction of sp³-hybridized carbons (Fsp3) is 0.571. The highest BCUT2D eigenvalue weighted by Crippen LogP contribution is 2.32. The Kier molecular flexibility index (Phi) is 3.29. The quantitative estimate of drug-likeness (QED) is 0.843. The SMILES string of the molecule is c1ccc(N2CCOC2)c(C2CCCNC2)c1. The molecule has 0 bridgehead atoms. The summed E-state index contributed by atoms with van der Waals surface area (Å²) in [5.74, 6) is 0.667. The first-order valence-electron chi connectivity index (χ1n) is 6.57. The van der Waals surface area contributed by atoms with Crippen molar-refractivity contribution in [2.75, 3.05) is 37.9 Å². The van der Waals surface area contributed by atoms with E-state index in [0.29, 0.717) is 5.92 Å². The third-order valence-corrected chi connectivity index (χ3v) is 3.77. The first kappa shape index (κ1) is 11.1. The predicted molar refractivity (Wildman–Crippen MR) is 69.5 cm³/mol. The lowest BCUT2D eigenvalue weighted by molar-refractivity contribution is 0.201.